The average molecular weight is 367 g/mol. The first-order valence-electron chi connectivity index (χ1n) is 7.37. The number of carbonyl (C=O) groups excluding carboxylic acids is 1. The van der Waals surface area contributed by atoms with Crippen LogP contribution in [-0.4, -0.2) is 34.1 Å². The summed E-state index contributed by atoms with van der Waals surface area (Å²) in [7, 11) is -2.63. The van der Waals surface area contributed by atoms with E-state index in [9.17, 15) is 13.2 Å². The molecule has 1 saturated carbocycles. The smallest absolute Gasteiger partial charge is 0.341 e. The molecule has 9 heteroatoms. The van der Waals surface area contributed by atoms with Crippen molar-refractivity contribution < 1.29 is 22.4 Å². The molecule has 0 saturated heterocycles. The molecule has 2 rings (SSSR count). The number of carbonyl (C=O) groups is 1. The zero-order chi connectivity index (χ0) is 16.2. The van der Waals surface area contributed by atoms with Crippen LogP contribution in [0.3, 0.4) is 0 Å². The quantitative estimate of drug-likeness (QED) is 0.741. The minimum atomic E-state index is -3.85. The molecule has 0 radical (unpaired) electrons. The molecule has 1 aliphatic rings. The number of rotatable bonds is 6. The Morgan fingerprint density at radius 2 is 2.09 bits per heavy atom. The molecule has 0 aliphatic heterocycles. The fourth-order valence-corrected chi connectivity index (χ4v) is 4.07. The summed E-state index contributed by atoms with van der Waals surface area (Å²) < 4.78 is 36.8. The predicted molar refractivity (Wildman–Crippen MR) is 87.0 cm³/mol. The van der Waals surface area contributed by atoms with Crippen molar-refractivity contribution in [2.75, 3.05) is 13.7 Å². The van der Waals surface area contributed by atoms with Crippen LogP contribution in [0.2, 0.25) is 0 Å². The van der Waals surface area contributed by atoms with E-state index < -0.39 is 16.0 Å². The molecule has 23 heavy (non-hydrogen) atoms. The van der Waals surface area contributed by atoms with Crippen molar-refractivity contribution in [2.24, 2.45) is 11.7 Å². The number of hydrogen-bond donors (Lipinski definition) is 2. The Morgan fingerprint density at radius 1 is 1.43 bits per heavy atom. The highest BCUT2D eigenvalue weighted by Crippen LogP contribution is 2.27. The highest BCUT2D eigenvalue weighted by Gasteiger charge is 2.29. The Hall–Kier alpha value is -1.09. The zero-order valence-electron chi connectivity index (χ0n) is 13.0. The van der Waals surface area contributed by atoms with E-state index in [2.05, 4.69) is 9.46 Å². The Balaban J connectivity index is 0.00000264. The first-order chi connectivity index (χ1) is 10.5. The van der Waals surface area contributed by atoms with Crippen molar-refractivity contribution in [2.45, 2.75) is 43.2 Å². The molecular weight excluding hydrogens is 344 g/mol. The molecule has 0 bridgehead atoms. The van der Waals surface area contributed by atoms with Gasteiger partial charge in [-0.15, -0.1) is 12.4 Å². The summed E-state index contributed by atoms with van der Waals surface area (Å²) in [4.78, 5) is 11.4. The molecule has 1 fully saturated rings. The van der Waals surface area contributed by atoms with E-state index in [1.807, 2.05) is 0 Å². The summed E-state index contributed by atoms with van der Waals surface area (Å²) in [5, 5.41) is -0.304. The molecule has 7 nitrogen and oxygen atoms in total. The van der Waals surface area contributed by atoms with Crippen LogP contribution in [-0.2, 0) is 14.8 Å². The largest absolute Gasteiger partial charge is 0.465 e. The third-order valence-corrected chi connectivity index (χ3v) is 5.40. The maximum Gasteiger partial charge on any atom is 0.341 e. The van der Waals surface area contributed by atoms with E-state index in [1.165, 1.54) is 13.5 Å². The zero-order valence-corrected chi connectivity index (χ0v) is 14.6. The lowest BCUT2D eigenvalue weighted by Gasteiger charge is -2.29. The minimum Gasteiger partial charge on any atom is -0.465 e. The Labute approximate surface area is 142 Å². The van der Waals surface area contributed by atoms with E-state index in [-0.39, 0.29) is 41.6 Å². The van der Waals surface area contributed by atoms with Crippen LogP contribution in [0.25, 0.3) is 0 Å². The number of nitrogens with two attached hydrogens (primary N) is 1. The highest BCUT2D eigenvalue weighted by atomic mass is 35.5. The fourth-order valence-electron chi connectivity index (χ4n) is 2.81. The fraction of sp³-hybridized carbons (Fsp3) is 0.643. The average Bonchev–Trinajstić information content (AvgIpc) is 3.03. The molecule has 0 spiro atoms. The predicted octanol–water partition coefficient (Wildman–Crippen LogP) is 1.67. The Bertz CT molecular complexity index is 610. The summed E-state index contributed by atoms with van der Waals surface area (Å²) in [6, 6.07) is 0.833. The third-order valence-electron chi connectivity index (χ3n) is 4.04. The van der Waals surface area contributed by atoms with Gasteiger partial charge in [-0.25, -0.2) is 17.9 Å². The van der Waals surface area contributed by atoms with Gasteiger partial charge in [-0.2, -0.15) is 0 Å². The van der Waals surface area contributed by atoms with E-state index in [0.29, 0.717) is 0 Å². The number of methoxy groups -OCH3 is 1. The lowest BCUT2D eigenvalue weighted by molar-refractivity contribution is 0.0600. The second kappa shape index (κ2) is 8.68. The van der Waals surface area contributed by atoms with Crippen molar-refractivity contribution in [1.29, 1.82) is 0 Å². The molecule has 1 aromatic rings. The van der Waals surface area contributed by atoms with Crippen LogP contribution >= 0.6 is 12.4 Å². The minimum absolute atomic E-state index is 0. The van der Waals surface area contributed by atoms with Gasteiger partial charge in [-0.3, -0.25) is 0 Å². The summed E-state index contributed by atoms with van der Waals surface area (Å²) in [6.07, 6.45) is 6.37. The van der Waals surface area contributed by atoms with Gasteiger partial charge in [-0.05, 0) is 18.8 Å². The standard InChI is InChI=1S/C14H22N2O5S.ClH/c1-20-14(17)11-7-13(21-9-11)22(18,19)16-12(8-15)10-5-3-2-4-6-10;/h7,9-10,12,16H,2-6,8,15H2,1H3;1H. The summed E-state index contributed by atoms with van der Waals surface area (Å²) in [5.74, 6) is -0.406. The second-order valence-corrected chi connectivity index (χ2v) is 7.15. The molecule has 3 N–H and O–H groups in total. The Morgan fingerprint density at radius 3 is 2.65 bits per heavy atom. The van der Waals surface area contributed by atoms with Gasteiger partial charge in [0.05, 0.1) is 12.7 Å². The van der Waals surface area contributed by atoms with E-state index in [0.717, 1.165) is 38.0 Å². The number of hydrogen-bond acceptors (Lipinski definition) is 6. The number of ether oxygens (including phenoxy) is 1. The maximum absolute atomic E-state index is 12.4. The Kier molecular flexibility index (Phi) is 7.53. The number of halogens is 1. The van der Waals surface area contributed by atoms with Gasteiger partial charge < -0.3 is 14.9 Å². The maximum atomic E-state index is 12.4. The lowest BCUT2D eigenvalue weighted by atomic mass is 9.84. The van der Waals surface area contributed by atoms with Crippen LogP contribution in [0.4, 0.5) is 0 Å². The molecule has 1 aliphatic carbocycles. The lowest BCUT2D eigenvalue weighted by Crippen LogP contribution is -2.45. The molecular formula is C14H23ClN2O5S. The molecule has 132 valence electrons. The molecule has 1 atom stereocenters. The van der Waals surface area contributed by atoms with Crippen LogP contribution in [0.15, 0.2) is 21.8 Å². The van der Waals surface area contributed by atoms with Crippen LogP contribution in [0.5, 0.6) is 0 Å². The number of esters is 1. The van der Waals surface area contributed by atoms with Crippen LogP contribution < -0.4 is 10.5 Å². The number of furan rings is 1. The van der Waals surface area contributed by atoms with Gasteiger partial charge >= 0.3 is 5.97 Å². The molecule has 1 heterocycles. The van der Waals surface area contributed by atoms with Gasteiger partial charge in [0.1, 0.15) is 6.26 Å². The molecule has 1 unspecified atom stereocenters. The summed E-state index contributed by atoms with van der Waals surface area (Å²) in [5.41, 5.74) is 5.79. The van der Waals surface area contributed by atoms with E-state index in [1.54, 1.807) is 0 Å². The van der Waals surface area contributed by atoms with Gasteiger partial charge in [0, 0.05) is 18.7 Å². The molecule has 1 aromatic heterocycles. The summed E-state index contributed by atoms with van der Waals surface area (Å²) >= 11 is 0. The van der Waals surface area contributed by atoms with Crippen molar-refractivity contribution in [3.63, 3.8) is 0 Å². The van der Waals surface area contributed by atoms with Crippen molar-refractivity contribution in [3.8, 4) is 0 Å². The van der Waals surface area contributed by atoms with Gasteiger partial charge in [-0.1, -0.05) is 19.3 Å². The van der Waals surface area contributed by atoms with E-state index >= 15 is 0 Å². The summed E-state index contributed by atoms with van der Waals surface area (Å²) in [6.45, 7) is 0.231. The number of sulfonamides is 1. The monoisotopic (exact) mass is 366 g/mol. The third kappa shape index (κ3) is 4.94. The van der Waals surface area contributed by atoms with Gasteiger partial charge in [0.2, 0.25) is 5.09 Å². The van der Waals surface area contributed by atoms with Crippen LogP contribution in [0.1, 0.15) is 42.5 Å². The van der Waals surface area contributed by atoms with Gasteiger partial charge in [0.25, 0.3) is 10.0 Å². The first-order valence-corrected chi connectivity index (χ1v) is 8.85. The van der Waals surface area contributed by atoms with Crippen molar-refractivity contribution >= 4 is 28.4 Å². The molecule has 0 amide bonds. The van der Waals surface area contributed by atoms with E-state index in [4.69, 9.17) is 10.2 Å². The van der Waals surface area contributed by atoms with Gasteiger partial charge in [0.15, 0.2) is 0 Å². The SMILES string of the molecule is COC(=O)c1coc(S(=O)(=O)NC(CN)C2CCCCC2)c1.Cl. The van der Waals surface area contributed by atoms with Crippen molar-refractivity contribution in [3.05, 3.63) is 17.9 Å². The first kappa shape index (κ1) is 20.0. The van der Waals surface area contributed by atoms with Crippen LogP contribution in [0, 0.1) is 5.92 Å². The van der Waals surface area contributed by atoms with Crippen molar-refractivity contribution in [1.82, 2.24) is 4.72 Å². The second-order valence-electron chi connectivity index (χ2n) is 5.51. The number of nitrogens with one attached hydrogen (secondary N) is 1. The highest BCUT2D eigenvalue weighted by molar-refractivity contribution is 7.89. The normalized spacial score (nSPS) is 17.3. The molecule has 0 aromatic carbocycles. The topological polar surface area (TPSA) is 112 Å².